The SMILES string of the molecule is CCOCCCN1C(=O)c2cc3ccccc3n2CC1(C)C(=O)NCCC(C)C. The van der Waals surface area contributed by atoms with Gasteiger partial charge in [-0.25, -0.2) is 0 Å². The van der Waals surface area contributed by atoms with E-state index in [2.05, 4.69) is 19.2 Å². The molecule has 6 heteroatoms. The van der Waals surface area contributed by atoms with Crippen molar-refractivity contribution in [3.8, 4) is 0 Å². The highest BCUT2D eigenvalue weighted by molar-refractivity contribution is 6.03. The number of amides is 2. The molecule has 1 aromatic heterocycles. The first-order chi connectivity index (χ1) is 13.9. The lowest BCUT2D eigenvalue weighted by molar-refractivity contribution is -0.132. The van der Waals surface area contributed by atoms with Crippen LogP contribution < -0.4 is 5.32 Å². The van der Waals surface area contributed by atoms with Gasteiger partial charge in [-0.2, -0.15) is 0 Å². The highest BCUT2D eigenvalue weighted by Gasteiger charge is 2.47. The number of hydrogen-bond acceptors (Lipinski definition) is 3. The average molecular weight is 400 g/mol. The van der Waals surface area contributed by atoms with E-state index in [1.807, 2.05) is 48.7 Å². The lowest BCUT2D eigenvalue weighted by atomic mass is 9.94. The topological polar surface area (TPSA) is 63.6 Å². The molecule has 0 radical (unpaired) electrons. The molecule has 1 aliphatic rings. The minimum Gasteiger partial charge on any atom is -0.382 e. The zero-order valence-corrected chi connectivity index (χ0v) is 18.0. The standard InChI is InChI=1S/C23H33N3O3/c1-5-29-14-8-13-26-21(27)20-15-18-9-6-7-10-19(18)25(20)16-23(26,4)22(28)24-12-11-17(2)3/h6-7,9-10,15,17H,5,8,11-14,16H2,1-4H3,(H,24,28). The number of aromatic nitrogens is 1. The number of benzene rings is 1. The van der Waals surface area contributed by atoms with Gasteiger partial charge in [-0.3, -0.25) is 9.59 Å². The predicted molar refractivity (Wildman–Crippen MR) is 115 cm³/mol. The van der Waals surface area contributed by atoms with Crippen molar-refractivity contribution in [1.29, 1.82) is 0 Å². The van der Waals surface area contributed by atoms with Gasteiger partial charge in [-0.15, -0.1) is 0 Å². The van der Waals surface area contributed by atoms with E-state index in [0.717, 1.165) is 17.3 Å². The highest BCUT2D eigenvalue weighted by Crippen LogP contribution is 2.32. The van der Waals surface area contributed by atoms with E-state index >= 15 is 0 Å². The molecule has 1 aliphatic heterocycles. The maximum Gasteiger partial charge on any atom is 0.271 e. The van der Waals surface area contributed by atoms with E-state index in [-0.39, 0.29) is 11.8 Å². The quantitative estimate of drug-likeness (QED) is 0.657. The van der Waals surface area contributed by atoms with Crippen LogP contribution in [0.15, 0.2) is 30.3 Å². The number of para-hydroxylation sites is 1. The molecule has 2 heterocycles. The molecule has 2 amide bonds. The summed E-state index contributed by atoms with van der Waals surface area (Å²) in [5.74, 6) is 0.329. The van der Waals surface area contributed by atoms with Crippen LogP contribution in [0, 0.1) is 5.92 Å². The Labute approximate surface area is 173 Å². The second-order valence-electron chi connectivity index (χ2n) is 8.39. The molecule has 0 saturated carbocycles. The summed E-state index contributed by atoms with van der Waals surface area (Å²) < 4.78 is 7.45. The Morgan fingerprint density at radius 2 is 2.07 bits per heavy atom. The first-order valence-corrected chi connectivity index (χ1v) is 10.6. The molecular weight excluding hydrogens is 366 g/mol. The van der Waals surface area contributed by atoms with E-state index in [9.17, 15) is 9.59 Å². The monoisotopic (exact) mass is 399 g/mol. The van der Waals surface area contributed by atoms with Gasteiger partial charge in [0.15, 0.2) is 0 Å². The Kier molecular flexibility index (Phi) is 6.63. The van der Waals surface area contributed by atoms with E-state index in [0.29, 0.717) is 50.9 Å². The number of ether oxygens (including phenoxy) is 1. The number of fused-ring (bicyclic) bond motifs is 3. The van der Waals surface area contributed by atoms with Crippen molar-refractivity contribution in [3.05, 3.63) is 36.0 Å². The Bertz CT molecular complexity index is 873. The number of carbonyl (C=O) groups is 2. The maximum absolute atomic E-state index is 13.4. The van der Waals surface area contributed by atoms with Crippen molar-refractivity contribution in [2.75, 3.05) is 26.3 Å². The fourth-order valence-corrected chi connectivity index (χ4v) is 3.99. The van der Waals surface area contributed by atoms with Gasteiger partial charge in [0.1, 0.15) is 11.2 Å². The minimum absolute atomic E-state index is 0.0914. The third kappa shape index (κ3) is 4.32. The Morgan fingerprint density at radius 3 is 2.79 bits per heavy atom. The summed E-state index contributed by atoms with van der Waals surface area (Å²) in [5, 5.41) is 4.09. The first kappa shape index (κ1) is 21.4. The molecule has 0 bridgehead atoms. The summed E-state index contributed by atoms with van der Waals surface area (Å²) in [6, 6.07) is 9.88. The van der Waals surface area contributed by atoms with Crippen LogP contribution in [0.2, 0.25) is 0 Å². The third-order valence-corrected chi connectivity index (χ3v) is 5.71. The molecule has 0 aliphatic carbocycles. The van der Waals surface area contributed by atoms with Crippen LogP contribution in [0.5, 0.6) is 0 Å². The molecule has 0 fully saturated rings. The first-order valence-electron chi connectivity index (χ1n) is 10.6. The fourth-order valence-electron chi connectivity index (χ4n) is 3.99. The van der Waals surface area contributed by atoms with Gasteiger partial charge in [0.05, 0.1) is 6.54 Å². The summed E-state index contributed by atoms with van der Waals surface area (Å²) in [7, 11) is 0. The van der Waals surface area contributed by atoms with Crippen molar-refractivity contribution in [2.45, 2.75) is 52.6 Å². The van der Waals surface area contributed by atoms with Crippen molar-refractivity contribution in [2.24, 2.45) is 5.92 Å². The summed E-state index contributed by atoms with van der Waals surface area (Å²) in [5.41, 5.74) is 0.704. The van der Waals surface area contributed by atoms with Crippen LogP contribution in [0.3, 0.4) is 0 Å². The zero-order chi connectivity index (χ0) is 21.0. The number of carbonyl (C=O) groups excluding carboxylic acids is 2. The van der Waals surface area contributed by atoms with E-state index < -0.39 is 5.54 Å². The van der Waals surface area contributed by atoms with Crippen LogP contribution in [0.25, 0.3) is 10.9 Å². The molecule has 2 aromatic rings. The molecular formula is C23H33N3O3. The van der Waals surface area contributed by atoms with Gasteiger partial charge in [-0.05, 0) is 44.7 Å². The Hall–Kier alpha value is -2.34. The predicted octanol–water partition coefficient (Wildman–Crippen LogP) is 3.44. The van der Waals surface area contributed by atoms with E-state index in [1.165, 1.54) is 0 Å². The second-order valence-corrected chi connectivity index (χ2v) is 8.39. The van der Waals surface area contributed by atoms with Gasteiger partial charge < -0.3 is 19.5 Å². The average Bonchev–Trinajstić information content (AvgIpc) is 3.05. The molecule has 1 atom stereocenters. The van der Waals surface area contributed by atoms with Crippen LogP contribution in [-0.2, 0) is 16.1 Å². The number of hydrogen-bond donors (Lipinski definition) is 1. The molecule has 29 heavy (non-hydrogen) atoms. The van der Waals surface area contributed by atoms with Crippen LogP contribution in [0.4, 0.5) is 0 Å². The highest BCUT2D eigenvalue weighted by atomic mass is 16.5. The van der Waals surface area contributed by atoms with Crippen LogP contribution in [-0.4, -0.2) is 53.1 Å². The molecule has 1 N–H and O–H groups in total. The smallest absolute Gasteiger partial charge is 0.271 e. The minimum atomic E-state index is -0.935. The lowest BCUT2D eigenvalue weighted by Crippen LogP contribution is -2.64. The Morgan fingerprint density at radius 1 is 1.31 bits per heavy atom. The summed E-state index contributed by atoms with van der Waals surface area (Å²) in [6.07, 6.45) is 1.62. The number of rotatable bonds is 9. The van der Waals surface area contributed by atoms with Gasteiger partial charge in [0.25, 0.3) is 5.91 Å². The van der Waals surface area contributed by atoms with E-state index in [1.54, 1.807) is 4.90 Å². The molecule has 3 rings (SSSR count). The van der Waals surface area contributed by atoms with Crippen molar-refractivity contribution >= 4 is 22.7 Å². The third-order valence-electron chi connectivity index (χ3n) is 5.71. The van der Waals surface area contributed by atoms with Gasteiger partial charge in [-0.1, -0.05) is 32.0 Å². The van der Waals surface area contributed by atoms with Gasteiger partial charge >= 0.3 is 0 Å². The largest absolute Gasteiger partial charge is 0.382 e. The summed E-state index contributed by atoms with van der Waals surface area (Å²) in [6.45, 7) is 10.9. The lowest BCUT2D eigenvalue weighted by Gasteiger charge is -2.44. The van der Waals surface area contributed by atoms with Crippen molar-refractivity contribution < 1.29 is 14.3 Å². The number of nitrogens with zero attached hydrogens (tertiary/aromatic N) is 2. The normalized spacial score (nSPS) is 19.1. The molecule has 1 unspecified atom stereocenters. The molecule has 0 saturated heterocycles. The molecule has 158 valence electrons. The van der Waals surface area contributed by atoms with Crippen molar-refractivity contribution in [1.82, 2.24) is 14.8 Å². The molecule has 6 nitrogen and oxygen atoms in total. The second kappa shape index (κ2) is 8.99. The van der Waals surface area contributed by atoms with E-state index in [4.69, 9.17) is 4.74 Å². The van der Waals surface area contributed by atoms with Gasteiger partial charge in [0, 0.05) is 37.2 Å². The van der Waals surface area contributed by atoms with Crippen LogP contribution >= 0.6 is 0 Å². The number of nitrogens with one attached hydrogen (secondary N) is 1. The van der Waals surface area contributed by atoms with Crippen LogP contribution in [0.1, 0.15) is 51.0 Å². The molecule has 1 aromatic carbocycles. The van der Waals surface area contributed by atoms with Crippen molar-refractivity contribution in [3.63, 3.8) is 0 Å². The fraction of sp³-hybridized carbons (Fsp3) is 0.565. The maximum atomic E-state index is 13.4. The Balaban J connectivity index is 1.91. The summed E-state index contributed by atoms with van der Waals surface area (Å²) in [4.78, 5) is 28.4. The van der Waals surface area contributed by atoms with Gasteiger partial charge in [0.2, 0.25) is 5.91 Å². The molecule has 0 spiro atoms. The summed E-state index contributed by atoms with van der Waals surface area (Å²) >= 11 is 0. The zero-order valence-electron chi connectivity index (χ0n) is 18.0.